The molecule has 1 aliphatic rings. The number of carbonyl (C=O) groups excluding carboxylic acids is 1. The van der Waals surface area contributed by atoms with Crippen LogP contribution in [0.4, 0.5) is 0 Å². The normalized spacial score (nSPS) is 18.4. The van der Waals surface area contributed by atoms with Crippen molar-refractivity contribution in [3.8, 4) is 0 Å². The number of rotatable bonds is 5. The smallest absolute Gasteiger partial charge is 0.251 e. The first-order valence-electron chi connectivity index (χ1n) is 4.74. The predicted molar refractivity (Wildman–Crippen MR) is 50.3 cm³/mol. The van der Waals surface area contributed by atoms with E-state index in [9.17, 15) is 4.79 Å². The van der Waals surface area contributed by atoms with E-state index in [-0.39, 0.29) is 12.0 Å². The molecular formula is C9H18N2O2. The highest BCUT2D eigenvalue weighted by Crippen LogP contribution is 2.27. The van der Waals surface area contributed by atoms with Gasteiger partial charge in [0.1, 0.15) is 6.10 Å². The predicted octanol–water partition coefficient (Wildman–Crippen LogP) is -0.0290. The standard InChI is InChI=1S/C9H18N2O2/c1-7(13-2)9(12)11(6-5-10)8-3-4-8/h7-8H,3-6,10H2,1-2H3. The molecule has 0 aromatic rings. The van der Waals surface area contributed by atoms with Gasteiger partial charge in [0.15, 0.2) is 0 Å². The van der Waals surface area contributed by atoms with Crippen molar-refractivity contribution in [3.63, 3.8) is 0 Å². The molecule has 1 rings (SSSR count). The summed E-state index contributed by atoms with van der Waals surface area (Å²) in [6, 6.07) is 0.425. The van der Waals surface area contributed by atoms with Gasteiger partial charge in [-0.3, -0.25) is 4.79 Å². The molecular weight excluding hydrogens is 168 g/mol. The summed E-state index contributed by atoms with van der Waals surface area (Å²) < 4.78 is 4.99. The molecule has 1 unspecified atom stereocenters. The van der Waals surface area contributed by atoms with Gasteiger partial charge >= 0.3 is 0 Å². The fourth-order valence-electron chi connectivity index (χ4n) is 1.33. The Morgan fingerprint density at radius 2 is 2.31 bits per heavy atom. The van der Waals surface area contributed by atoms with Crippen LogP contribution in [-0.4, -0.2) is 43.2 Å². The van der Waals surface area contributed by atoms with Crippen molar-refractivity contribution in [2.45, 2.75) is 31.9 Å². The summed E-state index contributed by atoms with van der Waals surface area (Å²) in [5.41, 5.74) is 5.44. The molecule has 0 heterocycles. The Morgan fingerprint density at radius 3 is 2.69 bits per heavy atom. The van der Waals surface area contributed by atoms with Gasteiger partial charge < -0.3 is 15.4 Å². The highest BCUT2D eigenvalue weighted by molar-refractivity contribution is 5.81. The molecule has 1 atom stereocenters. The van der Waals surface area contributed by atoms with Gasteiger partial charge in [0.05, 0.1) is 0 Å². The van der Waals surface area contributed by atoms with Gasteiger partial charge in [0, 0.05) is 26.2 Å². The van der Waals surface area contributed by atoms with E-state index in [1.165, 1.54) is 0 Å². The van der Waals surface area contributed by atoms with Crippen LogP contribution in [0.1, 0.15) is 19.8 Å². The number of ether oxygens (including phenoxy) is 1. The number of carbonyl (C=O) groups is 1. The van der Waals surface area contributed by atoms with Crippen LogP contribution in [0.25, 0.3) is 0 Å². The molecule has 13 heavy (non-hydrogen) atoms. The average Bonchev–Trinajstić information content (AvgIpc) is 2.95. The highest BCUT2D eigenvalue weighted by Gasteiger charge is 2.33. The first-order chi connectivity index (χ1) is 6.20. The zero-order valence-corrected chi connectivity index (χ0v) is 8.32. The van der Waals surface area contributed by atoms with E-state index in [0.717, 1.165) is 12.8 Å². The van der Waals surface area contributed by atoms with Crippen LogP contribution in [0.2, 0.25) is 0 Å². The summed E-state index contributed by atoms with van der Waals surface area (Å²) in [6.07, 6.45) is 1.89. The molecule has 0 aliphatic heterocycles. The number of methoxy groups -OCH3 is 1. The largest absolute Gasteiger partial charge is 0.372 e. The number of nitrogens with zero attached hydrogens (tertiary/aromatic N) is 1. The van der Waals surface area contributed by atoms with Gasteiger partial charge in [-0.25, -0.2) is 0 Å². The molecule has 0 saturated heterocycles. The molecule has 0 radical (unpaired) electrons. The minimum Gasteiger partial charge on any atom is -0.372 e. The monoisotopic (exact) mass is 186 g/mol. The Kier molecular flexibility index (Phi) is 3.69. The van der Waals surface area contributed by atoms with E-state index in [4.69, 9.17) is 10.5 Å². The van der Waals surface area contributed by atoms with Gasteiger partial charge in [0.25, 0.3) is 5.91 Å². The number of hydrogen-bond acceptors (Lipinski definition) is 3. The van der Waals surface area contributed by atoms with Crippen molar-refractivity contribution in [2.75, 3.05) is 20.2 Å². The van der Waals surface area contributed by atoms with Crippen molar-refractivity contribution in [1.29, 1.82) is 0 Å². The lowest BCUT2D eigenvalue weighted by Gasteiger charge is -2.24. The number of hydrogen-bond donors (Lipinski definition) is 1. The van der Waals surface area contributed by atoms with E-state index >= 15 is 0 Å². The van der Waals surface area contributed by atoms with Gasteiger partial charge in [0.2, 0.25) is 0 Å². The Morgan fingerprint density at radius 1 is 1.69 bits per heavy atom. The first-order valence-corrected chi connectivity index (χ1v) is 4.74. The van der Waals surface area contributed by atoms with Crippen LogP contribution < -0.4 is 5.73 Å². The lowest BCUT2D eigenvalue weighted by atomic mass is 10.3. The maximum Gasteiger partial charge on any atom is 0.251 e. The SMILES string of the molecule is COC(C)C(=O)N(CCN)C1CC1. The summed E-state index contributed by atoms with van der Waals surface area (Å²) >= 11 is 0. The van der Waals surface area contributed by atoms with E-state index in [1.54, 1.807) is 14.0 Å². The summed E-state index contributed by atoms with van der Waals surface area (Å²) in [7, 11) is 1.55. The molecule has 0 spiro atoms. The van der Waals surface area contributed by atoms with E-state index in [2.05, 4.69) is 0 Å². The fourth-order valence-corrected chi connectivity index (χ4v) is 1.33. The molecule has 2 N–H and O–H groups in total. The zero-order chi connectivity index (χ0) is 9.84. The molecule has 0 aromatic carbocycles. The molecule has 4 heteroatoms. The quantitative estimate of drug-likeness (QED) is 0.656. The van der Waals surface area contributed by atoms with Crippen molar-refractivity contribution in [1.82, 2.24) is 4.90 Å². The van der Waals surface area contributed by atoms with E-state index in [1.807, 2.05) is 4.90 Å². The Bertz CT molecular complexity index is 180. The van der Waals surface area contributed by atoms with Crippen LogP contribution in [0, 0.1) is 0 Å². The van der Waals surface area contributed by atoms with Crippen LogP contribution in [-0.2, 0) is 9.53 Å². The second kappa shape index (κ2) is 4.58. The van der Waals surface area contributed by atoms with Crippen LogP contribution in [0.3, 0.4) is 0 Å². The molecule has 1 amide bonds. The maximum atomic E-state index is 11.7. The number of nitrogens with two attached hydrogens (primary N) is 1. The topological polar surface area (TPSA) is 55.6 Å². The zero-order valence-electron chi connectivity index (χ0n) is 8.32. The molecule has 1 aliphatic carbocycles. The van der Waals surface area contributed by atoms with Crippen LogP contribution >= 0.6 is 0 Å². The van der Waals surface area contributed by atoms with Crippen LogP contribution in [0.5, 0.6) is 0 Å². The van der Waals surface area contributed by atoms with E-state index in [0.29, 0.717) is 19.1 Å². The Labute approximate surface area is 79.0 Å². The fraction of sp³-hybridized carbons (Fsp3) is 0.889. The average molecular weight is 186 g/mol. The van der Waals surface area contributed by atoms with Crippen molar-refractivity contribution < 1.29 is 9.53 Å². The molecule has 1 saturated carbocycles. The second-order valence-corrected chi connectivity index (χ2v) is 3.43. The Hall–Kier alpha value is -0.610. The minimum atomic E-state index is -0.341. The van der Waals surface area contributed by atoms with Gasteiger partial charge in [-0.2, -0.15) is 0 Å². The summed E-state index contributed by atoms with van der Waals surface area (Å²) in [4.78, 5) is 13.5. The third-order valence-corrected chi connectivity index (χ3v) is 2.34. The second-order valence-electron chi connectivity index (χ2n) is 3.43. The van der Waals surface area contributed by atoms with Gasteiger partial charge in [-0.15, -0.1) is 0 Å². The lowest BCUT2D eigenvalue weighted by Crippen LogP contribution is -2.42. The minimum absolute atomic E-state index is 0.0652. The molecule has 0 aromatic heterocycles. The molecule has 4 nitrogen and oxygen atoms in total. The summed E-state index contributed by atoms with van der Waals surface area (Å²) in [5, 5.41) is 0. The first kappa shape index (κ1) is 10.5. The summed E-state index contributed by atoms with van der Waals surface area (Å²) in [6.45, 7) is 2.95. The third kappa shape index (κ3) is 2.67. The van der Waals surface area contributed by atoms with Crippen molar-refractivity contribution >= 4 is 5.91 Å². The van der Waals surface area contributed by atoms with E-state index < -0.39 is 0 Å². The Balaban J connectivity index is 2.47. The van der Waals surface area contributed by atoms with Crippen molar-refractivity contribution in [2.24, 2.45) is 5.73 Å². The summed E-state index contributed by atoms with van der Waals surface area (Å²) in [5.74, 6) is 0.0652. The van der Waals surface area contributed by atoms with Crippen molar-refractivity contribution in [3.05, 3.63) is 0 Å². The maximum absolute atomic E-state index is 11.7. The van der Waals surface area contributed by atoms with Gasteiger partial charge in [-0.1, -0.05) is 0 Å². The molecule has 76 valence electrons. The lowest BCUT2D eigenvalue weighted by molar-refractivity contribution is -0.141. The van der Waals surface area contributed by atoms with Crippen LogP contribution in [0.15, 0.2) is 0 Å². The number of amides is 1. The van der Waals surface area contributed by atoms with Gasteiger partial charge in [-0.05, 0) is 19.8 Å². The third-order valence-electron chi connectivity index (χ3n) is 2.34. The molecule has 1 fully saturated rings. The molecule has 0 bridgehead atoms. The highest BCUT2D eigenvalue weighted by atomic mass is 16.5.